The van der Waals surface area contributed by atoms with Crippen molar-refractivity contribution in [1.82, 2.24) is 0 Å². The van der Waals surface area contributed by atoms with Crippen LogP contribution in [0.2, 0.25) is 0 Å². The van der Waals surface area contributed by atoms with E-state index in [9.17, 15) is 8.78 Å². The molecule has 17 heavy (non-hydrogen) atoms. The highest BCUT2D eigenvalue weighted by molar-refractivity contribution is 5.58. The average Bonchev–Trinajstić information content (AvgIpc) is 2.59. The Kier molecular flexibility index (Phi) is 3.08. The third-order valence-corrected chi connectivity index (χ3v) is 3.36. The number of anilines is 1. The summed E-state index contributed by atoms with van der Waals surface area (Å²) in [5.41, 5.74) is 7.48. The summed E-state index contributed by atoms with van der Waals surface area (Å²) in [5, 5.41) is 0. The Morgan fingerprint density at radius 1 is 1.47 bits per heavy atom. The van der Waals surface area contributed by atoms with Crippen molar-refractivity contribution in [1.29, 1.82) is 0 Å². The van der Waals surface area contributed by atoms with Gasteiger partial charge in [-0.3, -0.25) is 0 Å². The number of hydrogen-bond donors (Lipinski definition) is 1. The summed E-state index contributed by atoms with van der Waals surface area (Å²) in [6.45, 7) is 2.39. The maximum Gasteiger partial charge on any atom is 0.256 e. The number of nitrogens with zero attached hydrogens (tertiary/aromatic N) is 1. The van der Waals surface area contributed by atoms with Gasteiger partial charge in [0.15, 0.2) is 0 Å². The molecule has 1 heterocycles. The molecule has 4 heteroatoms. The summed E-state index contributed by atoms with van der Waals surface area (Å²) < 4.78 is 25.4. The molecule has 2 nitrogen and oxygen atoms in total. The van der Waals surface area contributed by atoms with Gasteiger partial charge in [0.25, 0.3) is 6.43 Å². The first kappa shape index (κ1) is 12.3. The number of alkyl halides is 2. The first-order chi connectivity index (χ1) is 7.90. The number of likely N-dealkylation sites (N-methyl/N-ethyl adjacent to an activating group) is 1. The van der Waals surface area contributed by atoms with Gasteiger partial charge >= 0.3 is 0 Å². The summed E-state index contributed by atoms with van der Waals surface area (Å²) in [6.07, 6.45) is -1.31. The zero-order valence-corrected chi connectivity index (χ0v) is 10.2. The highest BCUT2D eigenvalue weighted by Gasteiger charge is 2.30. The molecule has 0 saturated carbocycles. The molecule has 1 aliphatic heterocycles. The van der Waals surface area contributed by atoms with Crippen LogP contribution in [0.25, 0.3) is 0 Å². The van der Waals surface area contributed by atoms with Crippen molar-refractivity contribution in [3.05, 3.63) is 29.3 Å². The van der Waals surface area contributed by atoms with Crippen LogP contribution < -0.4 is 10.6 Å². The first-order valence-electron chi connectivity index (χ1n) is 5.80. The molecule has 0 aliphatic carbocycles. The number of fused-ring (bicyclic) bond motifs is 1. The van der Waals surface area contributed by atoms with Gasteiger partial charge in [-0.05, 0) is 37.0 Å². The molecular weight excluding hydrogens is 222 g/mol. The van der Waals surface area contributed by atoms with Crippen molar-refractivity contribution in [2.45, 2.75) is 31.7 Å². The number of nitrogens with two attached hydrogens (primary N) is 1. The normalized spacial score (nSPS) is 18.4. The third kappa shape index (κ3) is 2.41. The third-order valence-electron chi connectivity index (χ3n) is 3.36. The molecule has 0 bridgehead atoms. The SMILES string of the molecule is CN1CCc2cc(CC(C)(N)C(F)F)ccc21. The molecule has 0 amide bonds. The van der Waals surface area contributed by atoms with Gasteiger partial charge < -0.3 is 10.6 Å². The summed E-state index contributed by atoms with van der Waals surface area (Å²) in [5.74, 6) is 0. The number of benzene rings is 1. The van der Waals surface area contributed by atoms with E-state index in [1.807, 2.05) is 25.2 Å². The summed E-state index contributed by atoms with van der Waals surface area (Å²) in [4.78, 5) is 2.17. The lowest BCUT2D eigenvalue weighted by Crippen LogP contribution is -2.45. The van der Waals surface area contributed by atoms with E-state index < -0.39 is 12.0 Å². The minimum absolute atomic E-state index is 0.210. The molecule has 1 aromatic rings. The maximum atomic E-state index is 12.7. The van der Waals surface area contributed by atoms with E-state index in [4.69, 9.17) is 5.73 Å². The number of hydrogen-bond acceptors (Lipinski definition) is 2. The molecule has 1 aliphatic rings. The minimum atomic E-state index is -2.50. The molecular formula is C13H18F2N2. The van der Waals surface area contributed by atoms with Crippen molar-refractivity contribution >= 4 is 5.69 Å². The molecule has 1 aromatic carbocycles. The molecule has 1 unspecified atom stereocenters. The predicted octanol–water partition coefficient (Wildman–Crippen LogP) is 2.20. The summed E-state index contributed by atoms with van der Waals surface area (Å²) in [7, 11) is 2.04. The fourth-order valence-electron chi connectivity index (χ4n) is 2.25. The lowest BCUT2D eigenvalue weighted by molar-refractivity contribution is 0.0639. The van der Waals surface area contributed by atoms with Gasteiger partial charge in [0.1, 0.15) is 0 Å². The van der Waals surface area contributed by atoms with E-state index in [-0.39, 0.29) is 6.42 Å². The van der Waals surface area contributed by atoms with Crippen molar-refractivity contribution in [2.75, 3.05) is 18.5 Å². The Bertz CT molecular complexity index is 416. The lowest BCUT2D eigenvalue weighted by Gasteiger charge is -2.24. The number of halogens is 2. The van der Waals surface area contributed by atoms with E-state index in [0.29, 0.717) is 0 Å². The van der Waals surface area contributed by atoms with E-state index >= 15 is 0 Å². The van der Waals surface area contributed by atoms with Crippen LogP contribution in [0.5, 0.6) is 0 Å². The van der Waals surface area contributed by atoms with Crippen LogP contribution >= 0.6 is 0 Å². The molecule has 0 radical (unpaired) electrons. The average molecular weight is 240 g/mol. The smallest absolute Gasteiger partial charge is 0.256 e. The van der Waals surface area contributed by atoms with Gasteiger partial charge in [0.2, 0.25) is 0 Å². The van der Waals surface area contributed by atoms with Crippen LogP contribution in [0.15, 0.2) is 18.2 Å². The highest BCUT2D eigenvalue weighted by Crippen LogP contribution is 2.29. The zero-order valence-electron chi connectivity index (χ0n) is 10.2. The molecule has 2 N–H and O–H groups in total. The monoisotopic (exact) mass is 240 g/mol. The second kappa shape index (κ2) is 4.26. The minimum Gasteiger partial charge on any atom is -0.374 e. The Hall–Kier alpha value is -1.16. The number of rotatable bonds is 3. The van der Waals surface area contributed by atoms with Crippen LogP contribution in [0.1, 0.15) is 18.1 Å². The Morgan fingerprint density at radius 3 is 2.82 bits per heavy atom. The Balaban J connectivity index is 2.19. The summed E-state index contributed by atoms with van der Waals surface area (Å²) in [6, 6.07) is 5.90. The predicted molar refractivity (Wildman–Crippen MR) is 65.7 cm³/mol. The second-order valence-corrected chi connectivity index (χ2v) is 5.12. The van der Waals surface area contributed by atoms with E-state index in [0.717, 1.165) is 18.5 Å². The standard InChI is InChI=1S/C13H18F2N2/c1-13(16,12(14)15)8-9-3-4-11-10(7-9)5-6-17(11)2/h3-4,7,12H,5-6,8,16H2,1-2H3. The Labute approximate surface area is 100 Å². The molecule has 0 saturated heterocycles. The second-order valence-electron chi connectivity index (χ2n) is 5.12. The van der Waals surface area contributed by atoms with Crippen molar-refractivity contribution < 1.29 is 8.78 Å². The molecule has 0 spiro atoms. The van der Waals surface area contributed by atoms with Crippen LogP contribution in [0.3, 0.4) is 0 Å². The van der Waals surface area contributed by atoms with Gasteiger partial charge in [-0.15, -0.1) is 0 Å². The van der Waals surface area contributed by atoms with Crippen LogP contribution in [-0.4, -0.2) is 25.6 Å². The molecule has 94 valence electrons. The fourth-order valence-corrected chi connectivity index (χ4v) is 2.25. The van der Waals surface area contributed by atoms with Crippen molar-refractivity contribution in [3.8, 4) is 0 Å². The van der Waals surface area contributed by atoms with Gasteiger partial charge in [-0.25, -0.2) is 8.78 Å². The van der Waals surface area contributed by atoms with Crippen molar-refractivity contribution in [2.24, 2.45) is 5.73 Å². The fraction of sp³-hybridized carbons (Fsp3) is 0.538. The van der Waals surface area contributed by atoms with Gasteiger partial charge in [0.05, 0.1) is 5.54 Å². The first-order valence-corrected chi connectivity index (χ1v) is 5.80. The molecule has 0 fully saturated rings. The highest BCUT2D eigenvalue weighted by atomic mass is 19.3. The van der Waals surface area contributed by atoms with Gasteiger partial charge in [0, 0.05) is 19.3 Å². The largest absolute Gasteiger partial charge is 0.374 e. The summed E-state index contributed by atoms with van der Waals surface area (Å²) >= 11 is 0. The van der Waals surface area contributed by atoms with Crippen LogP contribution in [0, 0.1) is 0 Å². The molecule has 1 atom stereocenters. The van der Waals surface area contributed by atoms with E-state index in [1.165, 1.54) is 18.2 Å². The Morgan fingerprint density at radius 2 is 2.18 bits per heavy atom. The van der Waals surface area contributed by atoms with E-state index in [1.54, 1.807) is 0 Å². The quantitative estimate of drug-likeness (QED) is 0.877. The lowest BCUT2D eigenvalue weighted by atomic mass is 9.93. The zero-order chi connectivity index (χ0) is 12.6. The van der Waals surface area contributed by atoms with Crippen molar-refractivity contribution in [3.63, 3.8) is 0 Å². The molecule has 2 rings (SSSR count). The maximum absolute atomic E-state index is 12.7. The molecule has 0 aromatic heterocycles. The van der Waals surface area contributed by atoms with Gasteiger partial charge in [-0.1, -0.05) is 12.1 Å². The van der Waals surface area contributed by atoms with Crippen LogP contribution in [0.4, 0.5) is 14.5 Å². The van der Waals surface area contributed by atoms with Crippen LogP contribution in [-0.2, 0) is 12.8 Å². The van der Waals surface area contributed by atoms with Gasteiger partial charge in [-0.2, -0.15) is 0 Å². The van der Waals surface area contributed by atoms with E-state index in [2.05, 4.69) is 4.90 Å². The topological polar surface area (TPSA) is 29.3 Å².